The minimum Gasteiger partial charge on any atom is -0.496 e. The molecule has 2 aromatic rings. The van der Waals surface area contributed by atoms with Crippen molar-refractivity contribution in [2.24, 2.45) is 17.9 Å². The number of anilines is 1. The van der Waals surface area contributed by atoms with E-state index >= 15 is 0 Å². The number of nitrogens with two attached hydrogens (primary N) is 1. The third-order valence-corrected chi connectivity index (χ3v) is 3.50. The van der Waals surface area contributed by atoms with Gasteiger partial charge in [0.15, 0.2) is 5.84 Å². The lowest BCUT2D eigenvalue weighted by atomic mass is 10.3. The maximum absolute atomic E-state index is 12.1. The summed E-state index contributed by atoms with van der Waals surface area (Å²) < 4.78 is 6.45. The number of aromatic nitrogens is 2. The number of oxime groups is 1. The van der Waals surface area contributed by atoms with E-state index in [-0.39, 0.29) is 11.7 Å². The number of carbonyl (C=O) groups excluding carboxylic acids is 1. The molecule has 106 valence electrons. The van der Waals surface area contributed by atoms with E-state index in [1.165, 1.54) is 29.3 Å². The molecule has 0 aliphatic carbocycles. The Labute approximate surface area is 118 Å². The van der Waals surface area contributed by atoms with Crippen LogP contribution in [0.2, 0.25) is 0 Å². The first kappa shape index (κ1) is 13.9. The van der Waals surface area contributed by atoms with Crippen molar-refractivity contribution in [1.29, 1.82) is 0 Å². The summed E-state index contributed by atoms with van der Waals surface area (Å²) >= 11 is 1.25. The molecule has 2 rings (SSSR count). The second kappa shape index (κ2) is 5.61. The van der Waals surface area contributed by atoms with Crippen molar-refractivity contribution in [3.8, 4) is 5.75 Å². The summed E-state index contributed by atoms with van der Waals surface area (Å²) in [6, 6.07) is 1.62. The van der Waals surface area contributed by atoms with Crippen LogP contribution in [0.5, 0.6) is 5.75 Å². The van der Waals surface area contributed by atoms with Crippen molar-refractivity contribution in [1.82, 2.24) is 9.78 Å². The fourth-order valence-corrected chi connectivity index (χ4v) is 2.29. The highest BCUT2D eigenvalue weighted by molar-refractivity contribution is 7.12. The predicted octanol–water partition coefficient (Wildman–Crippen LogP) is 0.837. The van der Waals surface area contributed by atoms with Crippen LogP contribution in [-0.4, -0.2) is 33.8 Å². The molecule has 0 saturated carbocycles. The molecule has 0 bridgehead atoms. The molecule has 0 aliphatic rings. The lowest BCUT2D eigenvalue weighted by Crippen LogP contribution is -2.19. The number of carbonyl (C=O) groups is 1. The Kier molecular flexibility index (Phi) is 3.89. The summed E-state index contributed by atoms with van der Waals surface area (Å²) in [5, 5.41) is 20.0. The fraction of sp³-hybridized carbons (Fsp3) is 0.182. The van der Waals surface area contributed by atoms with Gasteiger partial charge in [-0.1, -0.05) is 5.16 Å². The van der Waals surface area contributed by atoms with Crippen molar-refractivity contribution in [2.45, 2.75) is 0 Å². The minimum absolute atomic E-state index is 0.128. The minimum atomic E-state index is -0.325. The van der Waals surface area contributed by atoms with Gasteiger partial charge < -0.3 is 21.0 Å². The highest BCUT2D eigenvalue weighted by Crippen LogP contribution is 2.23. The molecule has 20 heavy (non-hydrogen) atoms. The van der Waals surface area contributed by atoms with Crippen LogP contribution in [0.4, 0.5) is 5.82 Å². The van der Waals surface area contributed by atoms with Crippen molar-refractivity contribution in [3.05, 3.63) is 28.1 Å². The second-order valence-electron chi connectivity index (χ2n) is 3.82. The maximum atomic E-state index is 12.1. The topological polar surface area (TPSA) is 115 Å². The number of hydrogen-bond acceptors (Lipinski definition) is 6. The van der Waals surface area contributed by atoms with Gasteiger partial charge in [-0.3, -0.25) is 9.48 Å². The van der Waals surface area contributed by atoms with Gasteiger partial charge in [-0.15, -0.1) is 11.3 Å². The smallest absolute Gasteiger partial charge is 0.267 e. The monoisotopic (exact) mass is 295 g/mol. The highest BCUT2D eigenvalue weighted by Gasteiger charge is 2.17. The Morgan fingerprint density at radius 3 is 3.00 bits per heavy atom. The van der Waals surface area contributed by atoms with Crippen LogP contribution in [-0.2, 0) is 7.05 Å². The third kappa shape index (κ3) is 2.57. The Bertz CT molecular complexity index is 661. The van der Waals surface area contributed by atoms with E-state index in [4.69, 9.17) is 15.7 Å². The van der Waals surface area contributed by atoms with Crippen molar-refractivity contribution >= 4 is 28.9 Å². The SMILES string of the molecule is COc1csc(C(=O)Nc2c(C(N)=NO)cnn2C)c1. The van der Waals surface area contributed by atoms with Crippen molar-refractivity contribution in [3.63, 3.8) is 0 Å². The number of methoxy groups -OCH3 is 1. The van der Waals surface area contributed by atoms with Crippen LogP contribution in [0.1, 0.15) is 15.2 Å². The van der Waals surface area contributed by atoms with Crippen LogP contribution in [0.15, 0.2) is 22.8 Å². The van der Waals surface area contributed by atoms with Crippen molar-refractivity contribution < 1.29 is 14.7 Å². The molecule has 0 radical (unpaired) electrons. The third-order valence-electron chi connectivity index (χ3n) is 2.59. The van der Waals surface area contributed by atoms with Gasteiger partial charge in [-0.05, 0) is 0 Å². The lowest BCUT2D eigenvalue weighted by molar-refractivity contribution is 0.102. The Morgan fingerprint density at radius 2 is 2.40 bits per heavy atom. The Morgan fingerprint density at radius 1 is 1.65 bits per heavy atom. The van der Waals surface area contributed by atoms with Gasteiger partial charge in [0.2, 0.25) is 0 Å². The molecule has 8 nitrogen and oxygen atoms in total. The summed E-state index contributed by atoms with van der Waals surface area (Å²) in [4.78, 5) is 12.6. The number of aryl methyl sites for hydroxylation is 1. The zero-order valence-corrected chi connectivity index (χ0v) is 11.6. The first-order valence-corrected chi connectivity index (χ1v) is 6.38. The number of hydrogen-bond donors (Lipinski definition) is 3. The Balaban J connectivity index is 2.26. The molecule has 0 atom stereocenters. The first-order valence-electron chi connectivity index (χ1n) is 5.50. The number of thiophene rings is 1. The zero-order valence-electron chi connectivity index (χ0n) is 10.8. The summed E-state index contributed by atoms with van der Waals surface area (Å²) in [6.45, 7) is 0. The molecule has 0 fully saturated rings. The molecule has 0 aliphatic heterocycles. The Hall–Kier alpha value is -2.55. The zero-order chi connectivity index (χ0) is 14.7. The number of nitrogens with zero attached hydrogens (tertiary/aromatic N) is 3. The molecule has 1 amide bonds. The fourth-order valence-electron chi connectivity index (χ4n) is 1.54. The normalized spacial score (nSPS) is 11.4. The van der Waals surface area contributed by atoms with Gasteiger partial charge in [-0.25, -0.2) is 0 Å². The predicted molar refractivity (Wildman–Crippen MR) is 74.5 cm³/mol. The summed E-state index contributed by atoms with van der Waals surface area (Å²) in [5.74, 6) is 0.505. The van der Waals surface area contributed by atoms with Crippen molar-refractivity contribution in [2.75, 3.05) is 12.4 Å². The average molecular weight is 295 g/mol. The lowest BCUT2D eigenvalue weighted by Gasteiger charge is -2.06. The van der Waals surface area contributed by atoms with Gasteiger partial charge in [0.05, 0.1) is 23.7 Å². The van der Waals surface area contributed by atoms with Gasteiger partial charge in [0.25, 0.3) is 5.91 Å². The van der Waals surface area contributed by atoms with Gasteiger partial charge in [0, 0.05) is 18.5 Å². The molecule has 2 aromatic heterocycles. The number of rotatable bonds is 4. The van der Waals surface area contributed by atoms with E-state index in [1.54, 1.807) is 18.5 Å². The summed E-state index contributed by atoms with van der Waals surface area (Å²) in [6.07, 6.45) is 1.40. The van der Waals surface area contributed by atoms with E-state index in [1.807, 2.05) is 0 Å². The molecule has 2 heterocycles. The van der Waals surface area contributed by atoms with E-state index in [2.05, 4.69) is 15.6 Å². The molecular formula is C11H13N5O3S. The summed E-state index contributed by atoms with van der Waals surface area (Å²) in [5.41, 5.74) is 5.87. The second-order valence-corrected chi connectivity index (χ2v) is 4.73. The number of nitrogens with one attached hydrogen (secondary N) is 1. The largest absolute Gasteiger partial charge is 0.496 e. The van der Waals surface area contributed by atoms with Crippen LogP contribution in [0.25, 0.3) is 0 Å². The first-order chi connectivity index (χ1) is 9.56. The molecular weight excluding hydrogens is 282 g/mol. The van der Waals surface area contributed by atoms with Crippen LogP contribution >= 0.6 is 11.3 Å². The summed E-state index contributed by atoms with van der Waals surface area (Å²) in [7, 11) is 3.17. The van der Waals surface area contributed by atoms with Gasteiger partial charge >= 0.3 is 0 Å². The van der Waals surface area contributed by atoms with Crippen LogP contribution in [0.3, 0.4) is 0 Å². The molecule has 0 saturated heterocycles. The average Bonchev–Trinajstić information content (AvgIpc) is 3.06. The molecule has 4 N–H and O–H groups in total. The molecule has 0 unspecified atom stereocenters. The molecule has 9 heteroatoms. The number of amidine groups is 1. The highest BCUT2D eigenvalue weighted by atomic mass is 32.1. The molecule has 0 aromatic carbocycles. The maximum Gasteiger partial charge on any atom is 0.267 e. The van der Waals surface area contributed by atoms with E-state index in [0.717, 1.165) is 0 Å². The number of amides is 1. The van der Waals surface area contributed by atoms with Crippen LogP contribution in [0, 0.1) is 0 Å². The standard InChI is InChI=1S/C11H13N5O3S/c1-16-10(7(4-13-16)9(12)15-18)14-11(17)8-3-6(19-2)5-20-8/h3-5,18H,1-2H3,(H2,12,15)(H,14,17). The molecule has 0 spiro atoms. The van der Waals surface area contributed by atoms with E-state index in [9.17, 15) is 4.79 Å². The van der Waals surface area contributed by atoms with Gasteiger partial charge in [0.1, 0.15) is 11.6 Å². The van der Waals surface area contributed by atoms with Gasteiger partial charge in [-0.2, -0.15) is 5.10 Å². The van der Waals surface area contributed by atoms with E-state index < -0.39 is 0 Å². The van der Waals surface area contributed by atoms with Crippen LogP contribution < -0.4 is 15.8 Å². The van der Waals surface area contributed by atoms with E-state index in [0.29, 0.717) is 22.0 Å². The number of ether oxygens (including phenoxy) is 1. The quantitative estimate of drug-likeness (QED) is 0.334.